The summed E-state index contributed by atoms with van der Waals surface area (Å²) in [6.07, 6.45) is 4.37. The minimum atomic E-state index is -0.221. The Morgan fingerprint density at radius 1 is 1.45 bits per heavy atom. The minimum absolute atomic E-state index is 0.221. The fourth-order valence-corrected chi connectivity index (χ4v) is 1.65. The van der Waals surface area contributed by atoms with E-state index >= 15 is 0 Å². The number of aliphatic imine (C=N–C) groups is 1. The number of hydrogen-bond donors (Lipinski definition) is 0. The van der Waals surface area contributed by atoms with Crippen molar-refractivity contribution in [3.05, 3.63) is 0 Å². The molecule has 0 heterocycles. The van der Waals surface area contributed by atoms with Gasteiger partial charge in [0.25, 0.3) is 0 Å². The molecular weight excluding hydrogens is 145 g/mol. The van der Waals surface area contributed by atoms with Gasteiger partial charge >= 0.3 is 0 Å². The molecule has 2 nitrogen and oxygen atoms in total. The molecule has 0 aliphatic heterocycles. The number of nitrogens with zero attached hydrogens (tertiary/aromatic N) is 1. The lowest BCUT2D eigenvalue weighted by Gasteiger charge is -2.03. The van der Waals surface area contributed by atoms with Gasteiger partial charge in [-0.25, -0.2) is 9.79 Å². The Morgan fingerprint density at radius 3 is 2.73 bits per heavy atom. The van der Waals surface area contributed by atoms with Gasteiger partial charge in [-0.15, -0.1) is 0 Å². The van der Waals surface area contributed by atoms with Crippen molar-refractivity contribution >= 4 is 6.08 Å². The van der Waals surface area contributed by atoms with Crippen LogP contribution in [0, 0.1) is 11.8 Å². The van der Waals surface area contributed by atoms with Crippen LogP contribution in [0.3, 0.4) is 0 Å². The van der Waals surface area contributed by atoms with Crippen molar-refractivity contribution in [1.82, 2.24) is 0 Å². The van der Waals surface area contributed by atoms with E-state index in [9.17, 15) is 9.18 Å². The summed E-state index contributed by atoms with van der Waals surface area (Å²) in [4.78, 5) is 13.2. The molecule has 1 fully saturated rings. The Morgan fingerprint density at radius 2 is 2.18 bits per heavy atom. The van der Waals surface area contributed by atoms with Gasteiger partial charge in [-0.3, -0.25) is 4.39 Å². The van der Waals surface area contributed by atoms with Crippen molar-refractivity contribution in [2.24, 2.45) is 16.8 Å². The molecule has 1 aliphatic carbocycles. The lowest BCUT2D eigenvalue weighted by Crippen LogP contribution is -2.01. The smallest absolute Gasteiger partial charge is 0.234 e. The van der Waals surface area contributed by atoms with Crippen molar-refractivity contribution in [1.29, 1.82) is 0 Å². The molecule has 0 radical (unpaired) electrons. The molecule has 0 saturated heterocycles. The van der Waals surface area contributed by atoms with E-state index in [1.54, 1.807) is 0 Å². The number of isocyanates is 1. The van der Waals surface area contributed by atoms with Crippen LogP contribution in [0.25, 0.3) is 0 Å². The Bertz CT molecular complexity index is 165. The second-order valence-corrected chi connectivity index (χ2v) is 3.13. The molecule has 1 saturated carbocycles. The Hall–Kier alpha value is -0.690. The van der Waals surface area contributed by atoms with Gasteiger partial charge in [-0.05, 0) is 31.1 Å². The maximum absolute atomic E-state index is 12.1. The molecule has 11 heavy (non-hydrogen) atoms. The summed E-state index contributed by atoms with van der Waals surface area (Å²) in [5.41, 5.74) is 0. The van der Waals surface area contributed by atoms with Crippen LogP contribution in [0.15, 0.2) is 4.99 Å². The quantitative estimate of drug-likeness (QED) is 0.453. The van der Waals surface area contributed by atoms with Crippen LogP contribution in [0.2, 0.25) is 0 Å². The zero-order valence-corrected chi connectivity index (χ0v) is 6.42. The van der Waals surface area contributed by atoms with Gasteiger partial charge in [-0.1, -0.05) is 0 Å². The van der Waals surface area contributed by atoms with Gasteiger partial charge in [0, 0.05) is 0 Å². The molecule has 1 rings (SSSR count). The average Bonchev–Trinajstić information content (AvgIpc) is 2.48. The van der Waals surface area contributed by atoms with Crippen LogP contribution in [0.4, 0.5) is 4.39 Å². The summed E-state index contributed by atoms with van der Waals surface area (Å²) in [7, 11) is 0. The van der Waals surface area contributed by atoms with Crippen LogP contribution in [0.5, 0.6) is 0 Å². The minimum Gasteiger partial charge on any atom is -0.251 e. The van der Waals surface area contributed by atoms with E-state index in [4.69, 9.17) is 0 Å². The zero-order valence-electron chi connectivity index (χ0n) is 6.42. The second-order valence-electron chi connectivity index (χ2n) is 3.13. The van der Waals surface area contributed by atoms with E-state index in [0.717, 1.165) is 19.3 Å². The van der Waals surface area contributed by atoms with Crippen molar-refractivity contribution < 1.29 is 9.18 Å². The Kier molecular flexibility index (Phi) is 3.24. The van der Waals surface area contributed by atoms with E-state index in [2.05, 4.69) is 4.99 Å². The molecule has 0 spiro atoms. The number of halogens is 1. The third-order valence-corrected chi connectivity index (χ3v) is 2.28. The molecule has 0 aromatic rings. The standard InChI is InChI=1S/C8H12FNO/c9-4-7-1-2-8(3-7)5-10-6-11/h7-8H,1-5H2. The van der Waals surface area contributed by atoms with Crippen LogP contribution in [-0.2, 0) is 4.79 Å². The molecule has 0 amide bonds. The van der Waals surface area contributed by atoms with Crippen LogP contribution in [-0.4, -0.2) is 19.3 Å². The molecule has 3 heteroatoms. The topological polar surface area (TPSA) is 29.4 Å². The third-order valence-electron chi connectivity index (χ3n) is 2.28. The van der Waals surface area contributed by atoms with Crippen LogP contribution >= 0.6 is 0 Å². The van der Waals surface area contributed by atoms with E-state index in [-0.39, 0.29) is 12.6 Å². The van der Waals surface area contributed by atoms with Crippen molar-refractivity contribution in [2.45, 2.75) is 19.3 Å². The van der Waals surface area contributed by atoms with Gasteiger partial charge < -0.3 is 0 Å². The molecule has 0 aromatic carbocycles. The highest BCUT2D eigenvalue weighted by Crippen LogP contribution is 2.30. The lowest BCUT2D eigenvalue weighted by atomic mass is 10.1. The summed E-state index contributed by atoms with van der Waals surface area (Å²) in [6, 6.07) is 0. The summed E-state index contributed by atoms with van der Waals surface area (Å²) >= 11 is 0. The maximum atomic E-state index is 12.1. The van der Waals surface area contributed by atoms with Crippen molar-refractivity contribution in [2.75, 3.05) is 13.2 Å². The molecule has 2 unspecified atom stereocenters. The predicted molar refractivity (Wildman–Crippen MR) is 39.8 cm³/mol. The maximum Gasteiger partial charge on any atom is 0.234 e. The van der Waals surface area contributed by atoms with Gasteiger partial charge in [0.15, 0.2) is 0 Å². The lowest BCUT2D eigenvalue weighted by molar-refractivity contribution is 0.358. The number of alkyl halides is 1. The predicted octanol–water partition coefficient (Wildman–Crippen LogP) is 1.71. The SMILES string of the molecule is O=C=NCC1CCC(CF)C1. The Labute approximate surface area is 65.5 Å². The van der Waals surface area contributed by atoms with Gasteiger partial charge in [0.1, 0.15) is 0 Å². The first-order valence-electron chi connectivity index (χ1n) is 3.96. The molecular formula is C8H12FNO. The first-order chi connectivity index (χ1) is 5.36. The summed E-state index contributed by atoms with van der Waals surface area (Å²) in [5.74, 6) is 0.652. The molecule has 0 bridgehead atoms. The van der Waals surface area contributed by atoms with E-state index in [1.807, 2.05) is 0 Å². The average molecular weight is 157 g/mol. The van der Waals surface area contributed by atoms with Gasteiger partial charge in [0.2, 0.25) is 6.08 Å². The van der Waals surface area contributed by atoms with Crippen LogP contribution < -0.4 is 0 Å². The summed E-state index contributed by atoms with van der Waals surface area (Å²) in [5, 5.41) is 0. The highest BCUT2D eigenvalue weighted by Gasteiger charge is 2.23. The third kappa shape index (κ3) is 2.43. The van der Waals surface area contributed by atoms with E-state index in [0.29, 0.717) is 12.5 Å². The number of rotatable bonds is 3. The van der Waals surface area contributed by atoms with Crippen molar-refractivity contribution in [3.8, 4) is 0 Å². The van der Waals surface area contributed by atoms with Gasteiger partial charge in [0.05, 0.1) is 13.2 Å². The number of hydrogen-bond acceptors (Lipinski definition) is 2. The molecule has 0 N–H and O–H groups in total. The van der Waals surface area contributed by atoms with E-state index in [1.165, 1.54) is 6.08 Å². The fourth-order valence-electron chi connectivity index (χ4n) is 1.65. The van der Waals surface area contributed by atoms with E-state index < -0.39 is 0 Å². The van der Waals surface area contributed by atoms with Crippen LogP contribution in [0.1, 0.15) is 19.3 Å². The summed E-state index contributed by atoms with van der Waals surface area (Å²) < 4.78 is 12.1. The summed E-state index contributed by atoms with van der Waals surface area (Å²) in [6.45, 7) is 0.321. The van der Waals surface area contributed by atoms with Crippen molar-refractivity contribution in [3.63, 3.8) is 0 Å². The number of carbonyl (C=O) groups excluding carboxylic acids is 1. The highest BCUT2D eigenvalue weighted by atomic mass is 19.1. The monoisotopic (exact) mass is 157 g/mol. The highest BCUT2D eigenvalue weighted by molar-refractivity contribution is 5.32. The Balaban J connectivity index is 2.24. The van der Waals surface area contributed by atoms with Gasteiger partial charge in [-0.2, -0.15) is 0 Å². The normalized spacial score (nSPS) is 29.9. The first kappa shape index (κ1) is 8.41. The molecule has 1 aliphatic rings. The molecule has 0 aromatic heterocycles. The molecule has 62 valence electrons. The largest absolute Gasteiger partial charge is 0.251 e. The first-order valence-corrected chi connectivity index (χ1v) is 3.96. The zero-order chi connectivity index (χ0) is 8.10. The fraction of sp³-hybridized carbons (Fsp3) is 0.875. The second kappa shape index (κ2) is 4.24. The molecule has 2 atom stereocenters.